The molecule has 0 bridgehead atoms. The molecule has 0 saturated carbocycles. The Hall–Kier alpha value is -1.82. The van der Waals surface area contributed by atoms with Crippen molar-refractivity contribution in [3.05, 3.63) is 76.9 Å². The molecule has 0 radical (unpaired) electrons. The molecule has 0 aliphatic rings. The minimum atomic E-state index is 0.933. The predicted octanol–water partition coefficient (Wildman–Crippen LogP) is 6.26. The van der Waals surface area contributed by atoms with Crippen molar-refractivity contribution in [3.8, 4) is 0 Å². The summed E-state index contributed by atoms with van der Waals surface area (Å²) in [5, 5.41) is 0. The molecule has 0 unspecified atom stereocenters. The average molecular weight is 266 g/mol. The van der Waals surface area contributed by atoms with E-state index in [-0.39, 0.29) is 0 Å². The molecule has 0 amide bonds. The summed E-state index contributed by atoms with van der Waals surface area (Å²) >= 11 is 0. The molecule has 0 fully saturated rings. The number of allylic oxidation sites excluding steroid dienone is 5. The lowest BCUT2D eigenvalue weighted by Gasteiger charge is -2.14. The van der Waals surface area contributed by atoms with Gasteiger partial charge in [-0.1, -0.05) is 62.1 Å². The van der Waals surface area contributed by atoms with Crippen LogP contribution >= 0.6 is 0 Å². The van der Waals surface area contributed by atoms with E-state index >= 15 is 0 Å². The fourth-order valence-corrected chi connectivity index (χ4v) is 2.02. The fourth-order valence-electron chi connectivity index (χ4n) is 2.02. The van der Waals surface area contributed by atoms with Crippen molar-refractivity contribution in [1.82, 2.24) is 0 Å². The van der Waals surface area contributed by atoms with Crippen molar-refractivity contribution in [1.29, 1.82) is 0 Å². The Balaban J connectivity index is 3.20. The van der Waals surface area contributed by atoms with Crippen LogP contribution in [0.25, 0.3) is 6.08 Å². The molecule has 0 atom stereocenters. The highest BCUT2D eigenvalue weighted by atomic mass is 14.1. The van der Waals surface area contributed by atoms with Crippen LogP contribution in [0, 0.1) is 6.92 Å². The maximum atomic E-state index is 4.24. The first-order valence-corrected chi connectivity index (χ1v) is 7.25. The first-order chi connectivity index (χ1) is 9.49. The average Bonchev–Trinajstić information content (AvgIpc) is 2.46. The topological polar surface area (TPSA) is 0 Å². The Morgan fingerprint density at radius 1 is 1.20 bits per heavy atom. The zero-order valence-corrected chi connectivity index (χ0v) is 13.3. The van der Waals surface area contributed by atoms with Crippen LogP contribution in [-0.4, -0.2) is 0 Å². The van der Waals surface area contributed by atoms with Crippen LogP contribution in [-0.2, 0) is 0 Å². The van der Waals surface area contributed by atoms with Gasteiger partial charge in [0.2, 0.25) is 0 Å². The van der Waals surface area contributed by atoms with Gasteiger partial charge in [0, 0.05) is 0 Å². The zero-order valence-electron chi connectivity index (χ0n) is 13.3. The molecule has 0 nitrogen and oxygen atoms in total. The van der Waals surface area contributed by atoms with E-state index in [1.54, 1.807) is 0 Å². The molecule has 0 spiro atoms. The van der Waals surface area contributed by atoms with Crippen LogP contribution in [0.3, 0.4) is 0 Å². The Labute approximate surface area is 124 Å². The quantitative estimate of drug-likeness (QED) is 0.421. The van der Waals surface area contributed by atoms with Gasteiger partial charge in [0.05, 0.1) is 0 Å². The lowest BCUT2D eigenvalue weighted by atomic mass is 9.91. The van der Waals surface area contributed by atoms with E-state index in [4.69, 9.17) is 0 Å². The van der Waals surface area contributed by atoms with Crippen LogP contribution in [0.1, 0.15) is 44.7 Å². The predicted molar refractivity (Wildman–Crippen MR) is 91.8 cm³/mol. The van der Waals surface area contributed by atoms with E-state index in [0.29, 0.717) is 0 Å². The molecule has 0 heteroatoms. The monoisotopic (exact) mass is 266 g/mol. The van der Waals surface area contributed by atoms with Gasteiger partial charge in [-0.05, 0) is 61.5 Å². The van der Waals surface area contributed by atoms with Crippen molar-refractivity contribution < 1.29 is 0 Å². The smallest absolute Gasteiger partial charge is 0.00640 e. The zero-order chi connectivity index (χ0) is 15.1. The summed E-state index contributed by atoms with van der Waals surface area (Å²) in [6.45, 7) is 16.9. The second kappa shape index (κ2) is 7.69. The Morgan fingerprint density at radius 2 is 1.85 bits per heavy atom. The summed E-state index contributed by atoms with van der Waals surface area (Å²) < 4.78 is 0. The molecule has 0 aliphatic heterocycles. The summed E-state index contributed by atoms with van der Waals surface area (Å²) in [5.74, 6) is 0. The van der Waals surface area contributed by atoms with Gasteiger partial charge in [-0.3, -0.25) is 0 Å². The van der Waals surface area contributed by atoms with Gasteiger partial charge in [0.25, 0.3) is 0 Å². The molecule has 0 aliphatic carbocycles. The number of hydrogen-bond donors (Lipinski definition) is 0. The molecule has 1 aromatic carbocycles. The van der Waals surface area contributed by atoms with Crippen molar-refractivity contribution in [2.75, 3.05) is 0 Å². The van der Waals surface area contributed by atoms with Crippen molar-refractivity contribution in [2.24, 2.45) is 0 Å². The lowest BCUT2D eigenvalue weighted by molar-refractivity contribution is 1.07. The SMILES string of the molecule is C=C(CC)C(=C)/C(=C/c1ccccc1C)C/C(C)=C/C. The van der Waals surface area contributed by atoms with Gasteiger partial charge in [0.15, 0.2) is 0 Å². The highest BCUT2D eigenvalue weighted by molar-refractivity contribution is 5.64. The van der Waals surface area contributed by atoms with Crippen LogP contribution < -0.4 is 0 Å². The van der Waals surface area contributed by atoms with Gasteiger partial charge >= 0.3 is 0 Å². The Morgan fingerprint density at radius 3 is 2.40 bits per heavy atom. The van der Waals surface area contributed by atoms with Crippen LogP contribution in [0.15, 0.2) is 65.8 Å². The third-order valence-electron chi connectivity index (χ3n) is 3.72. The third-order valence-corrected chi connectivity index (χ3v) is 3.72. The van der Waals surface area contributed by atoms with E-state index < -0.39 is 0 Å². The molecular weight excluding hydrogens is 240 g/mol. The summed E-state index contributed by atoms with van der Waals surface area (Å²) in [6.07, 6.45) is 6.29. The summed E-state index contributed by atoms with van der Waals surface area (Å²) in [6, 6.07) is 8.45. The Bertz CT molecular complexity index is 553. The lowest BCUT2D eigenvalue weighted by Crippen LogP contribution is -1.94. The molecule has 0 N–H and O–H groups in total. The normalized spacial score (nSPS) is 12.4. The summed E-state index contributed by atoms with van der Waals surface area (Å²) in [4.78, 5) is 0. The Kier molecular flexibility index (Phi) is 6.24. The molecule has 0 saturated heterocycles. The number of benzene rings is 1. The van der Waals surface area contributed by atoms with Gasteiger partial charge in [-0.15, -0.1) is 0 Å². The second-order valence-electron chi connectivity index (χ2n) is 5.27. The van der Waals surface area contributed by atoms with Crippen molar-refractivity contribution in [2.45, 2.75) is 40.5 Å². The second-order valence-corrected chi connectivity index (χ2v) is 5.27. The van der Waals surface area contributed by atoms with Gasteiger partial charge in [0.1, 0.15) is 0 Å². The number of aryl methyl sites for hydroxylation is 1. The standard InChI is InChI=1S/C20H26/c1-7-15(3)13-20(18(6)16(4)8-2)14-19-12-10-9-11-17(19)5/h7,9-12,14H,4,6,8,13H2,1-3,5H3/b15-7+,20-14+. The van der Waals surface area contributed by atoms with Gasteiger partial charge < -0.3 is 0 Å². The number of rotatable bonds is 6. The third kappa shape index (κ3) is 4.38. The molecule has 20 heavy (non-hydrogen) atoms. The van der Waals surface area contributed by atoms with E-state index in [1.807, 2.05) is 0 Å². The minimum Gasteiger partial charge on any atom is -0.0953 e. The molecule has 0 heterocycles. The highest BCUT2D eigenvalue weighted by Gasteiger charge is 2.07. The fraction of sp³-hybridized carbons (Fsp3) is 0.300. The maximum absolute atomic E-state index is 4.24. The van der Waals surface area contributed by atoms with E-state index in [9.17, 15) is 0 Å². The van der Waals surface area contributed by atoms with Crippen molar-refractivity contribution >= 4 is 6.08 Å². The number of hydrogen-bond acceptors (Lipinski definition) is 0. The summed E-state index contributed by atoms with van der Waals surface area (Å²) in [7, 11) is 0. The van der Waals surface area contributed by atoms with Crippen molar-refractivity contribution in [3.63, 3.8) is 0 Å². The van der Waals surface area contributed by atoms with Crippen LogP contribution in [0.5, 0.6) is 0 Å². The highest BCUT2D eigenvalue weighted by Crippen LogP contribution is 2.27. The van der Waals surface area contributed by atoms with Crippen LogP contribution in [0.4, 0.5) is 0 Å². The molecule has 106 valence electrons. The summed E-state index contributed by atoms with van der Waals surface area (Å²) in [5.41, 5.74) is 7.37. The first-order valence-electron chi connectivity index (χ1n) is 7.25. The largest absolute Gasteiger partial charge is 0.0953 e. The molecule has 1 rings (SSSR count). The molecular formula is C20H26. The van der Waals surface area contributed by atoms with Crippen LogP contribution in [0.2, 0.25) is 0 Å². The van der Waals surface area contributed by atoms with Gasteiger partial charge in [-0.25, -0.2) is 0 Å². The maximum Gasteiger partial charge on any atom is -0.00640 e. The van der Waals surface area contributed by atoms with Gasteiger partial charge in [-0.2, -0.15) is 0 Å². The molecule has 1 aromatic rings. The van der Waals surface area contributed by atoms with E-state index in [2.05, 4.69) is 77.3 Å². The minimum absolute atomic E-state index is 0.933. The molecule has 0 aromatic heterocycles. The first kappa shape index (κ1) is 16.2. The van der Waals surface area contributed by atoms with E-state index in [0.717, 1.165) is 24.0 Å². The van der Waals surface area contributed by atoms with E-state index in [1.165, 1.54) is 22.3 Å².